The van der Waals surface area contributed by atoms with Gasteiger partial charge in [0.05, 0.1) is 29.3 Å². The lowest BCUT2D eigenvalue weighted by molar-refractivity contribution is -0.137. The molecular weight excluding hydrogens is 501 g/mol. The van der Waals surface area contributed by atoms with Gasteiger partial charge in [-0.1, -0.05) is 12.1 Å². The van der Waals surface area contributed by atoms with E-state index in [0.717, 1.165) is 0 Å². The Labute approximate surface area is 225 Å². The monoisotopic (exact) mass is 531 g/mol. The van der Waals surface area contributed by atoms with E-state index in [2.05, 4.69) is 21.6 Å². The molecule has 39 heavy (non-hydrogen) atoms. The molecule has 1 aromatic heterocycles. The second-order valence-electron chi connectivity index (χ2n) is 10.3. The fraction of sp³-hybridized carbons (Fsp3) is 0.345. The van der Waals surface area contributed by atoms with Crippen molar-refractivity contribution in [1.82, 2.24) is 20.4 Å². The van der Waals surface area contributed by atoms with Gasteiger partial charge in [0.15, 0.2) is 5.75 Å². The first-order chi connectivity index (χ1) is 18.5. The molecule has 202 valence electrons. The number of aromatic nitrogens is 2. The molecule has 2 aromatic carbocycles. The van der Waals surface area contributed by atoms with Crippen LogP contribution in [-0.2, 0) is 4.79 Å². The van der Waals surface area contributed by atoms with Gasteiger partial charge in [-0.05, 0) is 82.5 Å². The van der Waals surface area contributed by atoms with E-state index in [0.29, 0.717) is 35.4 Å². The van der Waals surface area contributed by atoms with Crippen molar-refractivity contribution in [3.63, 3.8) is 0 Å². The number of aryl methyl sites for hydroxylation is 1. The number of halogens is 1. The number of nitrogens with one attached hydrogen (secondary N) is 2. The van der Waals surface area contributed by atoms with Gasteiger partial charge in [-0.25, -0.2) is 9.49 Å². The molecule has 0 radical (unpaired) electrons. The number of likely N-dealkylation sites (tertiary alicyclic amines) is 1. The third-order valence-electron chi connectivity index (χ3n) is 6.95. The third-order valence-corrected chi connectivity index (χ3v) is 6.95. The molecule has 2 amide bonds. The molecule has 2 N–H and O–H groups in total. The zero-order valence-electron chi connectivity index (χ0n) is 22.2. The standard InChI is InChI=1S/C29H30FN5O4/c1-17-14-24(27(37)34-33-17)39-22-10-8-19(9-11-22)26(36)32-18(2)28(38)35-23(20-6-5-7-21(30)15-20)12-13-25(35)29(3,4)16-31/h5-11,14-15,18,23,25H,12-13H2,1-4H3,(H,32,36)(H,34,37)/t18?,23-,25+/m0/s1. The molecule has 3 atom stereocenters. The zero-order valence-corrected chi connectivity index (χ0v) is 22.2. The summed E-state index contributed by atoms with van der Waals surface area (Å²) in [5.41, 5.74) is 0.200. The summed E-state index contributed by atoms with van der Waals surface area (Å²) in [7, 11) is 0. The van der Waals surface area contributed by atoms with Gasteiger partial charge in [-0.15, -0.1) is 0 Å². The SMILES string of the molecule is Cc1cc(Oc2ccc(C(=O)NC(C)C(=O)N3[C@H](c4cccc(F)c4)CC[C@@H]3C(C)(C)C#N)cc2)c(=O)[nH]n1. The number of carbonyl (C=O) groups excluding carboxylic acids is 2. The zero-order chi connectivity index (χ0) is 28.3. The molecule has 9 nitrogen and oxygen atoms in total. The Hall–Kier alpha value is -4.52. The number of nitriles is 1. The van der Waals surface area contributed by atoms with Crippen molar-refractivity contribution < 1.29 is 18.7 Å². The maximum Gasteiger partial charge on any atom is 0.307 e. The van der Waals surface area contributed by atoms with Crippen LogP contribution >= 0.6 is 0 Å². The Kier molecular flexibility index (Phi) is 7.81. The molecule has 10 heteroatoms. The van der Waals surface area contributed by atoms with Crippen LogP contribution in [0.5, 0.6) is 11.5 Å². The number of H-pyrrole nitrogens is 1. The lowest BCUT2D eigenvalue weighted by Gasteiger charge is -2.38. The molecule has 1 aliphatic heterocycles. The highest BCUT2D eigenvalue weighted by Crippen LogP contribution is 2.43. The first kappa shape index (κ1) is 27.5. The third kappa shape index (κ3) is 5.98. The lowest BCUT2D eigenvalue weighted by atomic mass is 9.84. The van der Waals surface area contributed by atoms with Gasteiger partial charge in [0.1, 0.15) is 17.6 Å². The Bertz CT molecular complexity index is 1480. The van der Waals surface area contributed by atoms with Crippen molar-refractivity contribution >= 4 is 11.8 Å². The number of rotatable bonds is 7. The van der Waals surface area contributed by atoms with Crippen molar-refractivity contribution in [3.05, 3.63) is 87.6 Å². The first-order valence-electron chi connectivity index (χ1n) is 12.6. The Morgan fingerprint density at radius 3 is 2.59 bits per heavy atom. The largest absolute Gasteiger partial charge is 0.451 e. The topological polar surface area (TPSA) is 128 Å². The van der Waals surface area contributed by atoms with Gasteiger partial charge < -0.3 is 15.0 Å². The van der Waals surface area contributed by atoms with Crippen LogP contribution in [-0.4, -0.2) is 39.0 Å². The maximum atomic E-state index is 14.0. The summed E-state index contributed by atoms with van der Waals surface area (Å²) in [6.07, 6.45) is 1.16. The van der Waals surface area contributed by atoms with Crippen molar-refractivity contribution in [2.24, 2.45) is 5.41 Å². The lowest BCUT2D eigenvalue weighted by Crippen LogP contribution is -2.52. The van der Waals surface area contributed by atoms with E-state index >= 15 is 0 Å². The van der Waals surface area contributed by atoms with Crippen LogP contribution in [0, 0.1) is 29.5 Å². The molecule has 0 aliphatic carbocycles. The molecule has 2 heterocycles. The highest BCUT2D eigenvalue weighted by molar-refractivity contribution is 5.97. The van der Waals surface area contributed by atoms with E-state index < -0.39 is 40.8 Å². The van der Waals surface area contributed by atoms with Crippen LogP contribution in [0.4, 0.5) is 4.39 Å². The summed E-state index contributed by atoms with van der Waals surface area (Å²) < 4.78 is 19.6. The predicted octanol–water partition coefficient (Wildman–Crippen LogP) is 4.41. The summed E-state index contributed by atoms with van der Waals surface area (Å²) in [6.45, 7) is 6.86. The average Bonchev–Trinajstić information content (AvgIpc) is 3.37. The normalized spacial score (nSPS) is 17.8. The van der Waals surface area contributed by atoms with E-state index in [1.165, 1.54) is 30.3 Å². The molecule has 4 rings (SSSR count). The molecule has 3 aromatic rings. The smallest absolute Gasteiger partial charge is 0.307 e. The van der Waals surface area contributed by atoms with E-state index in [1.54, 1.807) is 56.9 Å². The number of hydrogen-bond acceptors (Lipinski definition) is 6. The van der Waals surface area contributed by atoms with Crippen LogP contribution in [0.1, 0.15) is 61.3 Å². The molecule has 1 unspecified atom stereocenters. The highest BCUT2D eigenvalue weighted by atomic mass is 19.1. The van der Waals surface area contributed by atoms with Crippen LogP contribution in [0.15, 0.2) is 59.4 Å². The van der Waals surface area contributed by atoms with Crippen molar-refractivity contribution in [3.8, 4) is 17.6 Å². The van der Waals surface area contributed by atoms with Crippen LogP contribution < -0.4 is 15.6 Å². The first-order valence-corrected chi connectivity index (χ1v) is 12.6. The number of ether oxygens (including phenoxy) is 1. The Morgan fingerprint density at radius 1 is 1.21 bits per heavy atom. The van der Waals surface area contributed by atoms with E-state index in [9.17, 15) is 24.0 Å². The van der Waals surface area contributed by atoms with Crippen molar-refractivity contribution in [2.45, 2.75) is 58.7 Å². The summed E-state index contributed by atoms with van der Waals surface area (Å²) >= 11 is 0. The molecule has 0 saturated carbocycles. The van der Waals surface area contributed by atoms with Crippen LogP contribution in [0.25, 0.3) is 0 Å². The van der Waals surface area contributed by atoms with Gasteiger partial charge in [0.2, 0.25) is 5.91 Å². The van der Waals surface area contributed by atoms with E-state index in [1.807, 2.05) is 0 Å². The fourth-order valence-corrected chi connectivity index (χ4v) is 4.87. The average molecular weight is 532 g/mol. The summed E-state index contributed by atoms with van der Waals surface area (Å²) in [5.74, 6) is -0.802. The van der Waals surface area contributed by atoms with Gasteiger partial charge in [-0.2, -0.15) is 10.4 Å². The van der Waals surface area contributed by atoms with Crippen molar-refractivity contribution in [1.29, 1.82) is 5.26 Å². The summed E-state index contributed by atoms with van der Waals surface area (Å²) in [4.78, 5) is 40.2. The minimum absolute atomic E-state index is 0.0761. The fourth-order valence-electron chi connectivity index (χ4n) is 4.87. The molecule has 0 spiro atoms. The van der Waals surface area contributed by atoms with E-state index in [4.69, 9.17) is 4.74 Å². The second kappa shape index (κ2) is 11.1. The minimum atomic E-state index is -0.905. The quantitative estimate of drug-likeness (QED) is 0.465. The molecule has 1 fully saturated rings. The number of amides is 2. The van der Waals surface area contributed by atoms with Crippen molar-refractivity contribution in [2.75, 3.05) is 0 Å². The molecular formula is C29H30FN5O4. The second-order valence-corrected chi connectivity index (χ2v) is 10.3. The summed E-state index contributed by atoms with van der Waals surface area (Å²) in [5, 5.41) is 18.7. The molecule has 1 aliphatic rings. The van der Waals surface area contributed by atoms with Gasteiger partial charge in [-0.3, -0.25) is 14.4 Å². The van der Waals surface area contributed by atoms with Gasteiger partial charge >= 0.3 is 5.56 Å². The molecule has 1 saturated heterocycles. The minimum Gasteiger partial charge on any atom is -0.451 e. The van der Waals surface area contributed by atoms with E-state index in [-0.39, 0.29) is 11.7 Å². The highest BCUT2D eigenvalue weighted by Gasteiger charge is 2.46. The van der Waals surface area contributed by atoms with Gasteiger partial charge in [0.25, 0.3) is 5.91 Å². The summed E-state index contributed by atoms with van der Waals surface area (Å²) in [6, 6.07) is 14.3. The number of aromatic amines is 1. The Balaban J connectivity index is 1.50. The van der Waals surface area contributed by atoms with Crippen LogP contribution in [0.3, 0.4) is 0 Å². The number of nitrogens with zero attached hydrogens (tertiary/aromatic N) is 3. The number of hydrogen-bond donors (Lipinski definition) is 2. The maximum absolute atomic E-state index is 14.0. The Morgan fingerprint density at radius 2 is 1.92 bits per heavy atom. The molecule has 0 bridgehead atoms. The number of carbonyl (C=O) groups is 2. The van der Waals surface area contributed by atoms with Crippen LogP contribution in [0.2, 0.25) is 0 Å². The number of benzene rings is 2. The predicted molar refractivity (Wildman–Crippen MR) is 141 cm³/mol. The van der Waals surface area contributed by atoms with Gasteiger partial charge in [0, 0.05) is 11.6 Å².